The van der Waals surface area contributed by atoms with E-state index in [1.807, 2.05) is 6.07 Å². The van der Waals surface area contributed by atoms with Gasteiger partial charge < -0.3 is 30.5 Å². The molecule has 4 N–H and O–H groups in total. The number of primary amides is 1. The quantitative estimate of drug-likeness (QED) is 0.434. The van der Waals surface area contributed by atoms with Gasteiger partial charge in [-0.25, -0.2) is 4.39 Å². The van der Waals surface area contributed by atoms with Gasteiger partial charge in [-0.1, -0.05) is 6.07 Å². The van der Waals surface area contributed by atoms with Crippen molar-refractivity contribution in [1.82, 2.24) is 5.32 Å². The molecule has 0 spiro atoms. The van der Waals surface area contributed by atoms with Crippen LogP contribution in [0.15, 0.2) is 30.3 Å². The second kappa shape index (κ2) is 11.2. The number of benzene rings is 2. The lowest BCUT2D eigenvalue weighted by molar-refractivity contribution is 0.100. The Morgan fingerprint density at radius 1 is 1.31 bits per heavy atom. The molecule has 0 aliphatic carbocycles. The molecule has 0 saturated carbocycles. The van der Waals surface area contributed by atoms with Crippen LogP contribution in [0.1, 0.15) is 34.8 Å². The van der Waals surface area contributed by atoms with E-state index in [9.17, 15) is 9.18 Å². The maximum absolute atomic E-state index is 13.3. The zero-order valence-electron chi connectivity index (χ0n) is 18.7. The normalized spacial score (nSPS) is 13.7. The number of rotatable bonds is 12. The van der Waals surface area contributed by atoms with E-state index in [1.165, 1.54) is 19.2 Å². The van der Waals surface area contributed by atoms with Crippen LogP contribution in [-0.4, -0.2) is 57.0 Å². The number of carbonyl (C=O) groups is 1. The molecule has 32 heavy (non-hydrogen) atoms. The SMILES string of the molecule is COc1cc(F)ccc1OCCNC(C)Cc1cc2c(c(C(N)=O)c1)N(CCCO)CC2. The number of nitrogens with zero attached hydrogens (tertiary/aromatic N) is 1. The Labute approximate surface area is 188 Å². The molecule has 1 aliphatic heterocycles. The predicted octanol–water partition coefficient (Wildman–Crippen LogP) is 2.28. The van der Waals surface area contributed by atoms with E-state index in [0.717, 1.165) is 36.2 Å². The van der Waals surface area contributed by atoms with Gasteiger partial charge in [0.15, 0.2) is 11.5 Å². The van der Waals surface area contributed by atoms with Crippen molar-refractivity contribution in [3.63, 3.8) is 0 Å². The van der Waals surface area contributed by atoms with E-state index in [4.69, 9.17) is 20.3 Å². The van der Waals surface area contributed by atoms with Crippen molar-refractivity contribution in [2.75, 3.05) is 44.9 Å². The maximum Gasteiger partial charge on any atom is 0.250 e. The maximum atomic E-state index is 13.3. The van der Waals surface area contributed by atoms with E-state index < -0.39 is 5.91 Å². The minimum Gasteiger partial charge on any atom is -0.493 e. The van der Waals surface area contributed by atoms with Crippen LogP contribution in [0.5, 0.6) is 11.5 Å². The van der Waals surface area contributed by atoms with E-state index in [-0.39, 0.29) is 18.5 Å². The van der Waals surface area contributed by atoms with Gasteiger partial charge in [0.25, 0.3) is 5.91 Å². The standard InChI is InChI=1S/C24H32FN3O4/c1-16(27-7-11-32-21-5-4-19(25)15-22(21)31-2)12-17-13-18-6-9-28(8-3-10-29)23(18)20(14-17)24(26)30/h4-5,13-16,27,29H,3,6-12H2,1-2H3,(H2,26,30). The number of aliphatic hydroxyl groups is 1. The summed E-state index contributed by atoms with van der Waals surface area (Å²) < 4.78 is 24.1. The molecular weight excluding hydrogens is 413 g/mol. The van der Waals surface area contributed by atoms with Gasteiger partial charge in [-0.05, 0) is 55.5 Å². The molecule has 2 aromatic rings. The van der Waals surface area contributed by atoms with Crippen molar-refractivity contribution in [2.45, 2.75) is 32.2 Å². The van der Waals surface area contributed by atoms with Crippen molar-refractivity contribution < 1.29 is 23.8 Å². The third kappa shape index (κ3) is 5.89. The number of hydrogen-bond donors (Lipinski definition) is 3. The van der Waals surface area contributed by atoms with Crippen molar-refractivity contribution in [2.24, 2.45) is 5.73 Å². The fourth-order valence-electron chi connectivity index (χ4n) is 4.14. The predicted molar refractivity (Wildman–Crippen MR) is 122 cm³/mol. The minimum atomic E-state index is -0.429. The number of carbonyl (C=O) groups excluding carboxylic acids is 1. The van der Waals surface area contributed by atoms with Crippen LogP contribution in [0.25, 0.3) is 0 Å². The number of hydrogen-bond acceptors (Lipinski definition) is 6. The minimum absolute atomic E-state index is 0.122. The van der Waals surface area contributed by atoms with Crippen molar-refractivity contribution in [1.29, 1.82) is 0 Å². The molecule has 0 radical (unpaired) electrons. The van der Waals surface area contributed by atoms with E-state index in [1.54, 1.807) is 6.07 Å². The molecule has 1 atom stereocenters. The second-order valence-corrected chi connectivity index (χ2v) is 8.03. The molecule has 0 bridgehead atoms. The van der Waals surface area contributed by atoms with Crippen LogP contribution in [0.3, 0.4) is 0 Å². The number of nitrogens with one attached hydrogen (secondary N) is 1. The van der Waals surface area contributed by atoms with Gasteiger partial charge in [0.05, 0.1) is 18.4 Å². The average Bonchev–Trinajstić information content (AvgIpc) is 3.18. The molecular formula is C24H32FN3O4. The third-order valence-corrected chi connectivity index (χ3v) is 5.59. The van der Waals surface area contributed by atoms with Crippen molar-refractivity contribution >= 4 is 11.6 Å². The zero-order valence-corrected chi connectivity index (χ0v) is 18.7. The number of amides is 1. The van der Waals surface area contributed by atoms with Gasteiger partial charge in [0.2, 0.25) is 0 Å². The summed E-state index contributed by atoms with van der Waals surface area (Å²) in [6.45, 7) is 4.74. The Morgan fingerprint density at radius 2 is 2.12 bits per heavy atom. The number of halogens is 1. The summed E-state index contributed by atoms with van der Waals surface area (Å²) in [7, 11) is 1.48. The van der Waals surface area contributed by atoms with Gasteiger partial charge in [0, 0.05) is 38.3 Å². The lowest BCUT2D eigenvalue weighted by Gasteiger charge is -2.22. The largest absolute Gasteiger partial charge is 0.493 e. The zero-order chi connectivity index (χ0) is 23.1. The summed E-state index contributed by atoms with van der Waals surface area (Å²) in [4.78, 5) is 14.3. The average molecular weight is 446 g/mol. The van der Waals surface area contributed by atoms with Gasteiger partial charge >= 0.3 is 0 Å². The topological polar surface area (TPSA) is 97.1 Å². The lowest BCUT2D eigenvalue weighted by Crippen LogP contribution is -2.32. The number of aliphatic hydroxyl groups excluding tert-OH is 1. The first-order valence-electron chi connectivity index (χ1n) is 10.9. The molecule has 0 saturated heterocycles. The summed E-state index contributed by atoms with van der Waals surface area (Å²) in [6, 6.07) is 8.37. The number of fused-ring (bicyclic) bond motifs is 1. The summed E-state index contributed by atoms with van der Waals surface area (Å²) in [5, 5.41) is 12.5. The van der Waals surface area contributed by atoms with Crippen LogP contribution in [0, 0.1) is 5.82 Å². The van der Waals surface area contributed by atoms with Crippen LogP contribution < -0.4 is 25.4 Å². The van der Waals surface area contributed by atoms with E-state index >= 15 is 0 Å². The summed E-state index contributed by atoms with van der Waals surface area (Å²) in [5.74, 6) is 0.0606. The number of methoxy groups -OCH3 is 1. The molecule has 1 unspecified atom stereocenters. The Kier molecular flexibility index (Phi) is 8.30. The number of anilines is 1. The van der Waals surface area contributed by atoms with E-state index in [0.29, 0.717) is 43.2 Å². The van der Waals surface area contributed by atoms with E-state index in [2.05, 4.69) is 23.2 Å². The molecule has 0 fully saturated rings. The summed E-state index contributed by atoms with van der Waals surface area (Å²) in [6.07, 6.45) is 2.26. The van der Waals surface area contributed by atoms with Crippen molar-refractivity contribution in [3.05, 3.63) is 52.8 Å². The number of ether oxygens (including phenoxy) is 2. The number of nitrogens with two attached hydrogens (primary N) is 1. The molecule has 0 aromatic heterocycles. The monoisotopic (exact) mass is 445 g/mol. The van der Waals surface area contributed by atoms with Crippen LogP contribution in [-0.2, 0) is 12.8 Å². The fourth-order valence-corrected chi connectivity index (χ4v) is 4.14. The highest BCUT2D eigenvalue weighted by Crippen LogP contribution is 2.33. The van der Waals surface area contributed by atoms with Gasteiger partial charge in [-0.3, -0.25) is 4.79 Å². The molecule has 1 heterocycles. The third-order valence-electron chi connectivity index (χ3n) is 5.59. The van der Waals surface area contributed by atoms with Crippen molar-refractivity contribution in [3.8, 4) is 11.5 Å². The Hall–Kier alpha value is -2.84. The lowest BCUT2D eigenvalue weighted by atomic mass is 9.98. The van der Waals surface area contributed by atoms with Crippen LogP contribution in [0.2, 0.25) is 0 Å². The first-order valence-corrected chi connectivity index (χ1v) is 10.9. The van der Waals surface area contributed by atoms with Gasteiger partial charge in [0.1, 0.15) is 12.4 Å². The molecule has 174 valence electrons. The van der Waals surface area contributed by atoms with Gasteiger partial charge in [-0.2, -0.15) is 0 Å². The first-order chi connectivity index (χ1) is 15.4. The Balaban J connectivity index is 1.57. The Morgan fingerprint density at radius 3 is 2.84 bits per heavy atom. The highest BCUT2D eigenvalue weighted by atomic mass is 19.1. The fraction of sp³-hybridized carbons (Fsp3) is 0.458. The molecule has 1 aliphatic rings. The molecule has 8 heteroatoms. The second-order valence-electron chi connectivity index (χ2n) is 8.03. The highest BCUT2D eigenvalue weighted by molar-refractivity contribution is 6.00. The smallest absolute Gasteiger partial charge is 0.250 e. The first kappa shape index (κ1) is 23.8. The molecule has 7 nitrogen and oxygen atoms in total. The Bertz CT molecular complexity index is 938. The van der Waals surface area contributed by atoms with Crippen LogP contribution in [0.4, 0.5) is 10.1 Å². The van der Waals surface area contributed by atoms with Gasteiger partial charge in [-0.15, -0.1) is 0 Å². The highest BCUT2D eigenvalue weighted by Gasteiger charge is 2.25. The summed E-state index contributed by atoms with van der Waals surface area (Å²) in [5.41, 5.74) is 9.34. The molecule has 2 aromatic carbocycles. The molecule has 1 amide bonds. The molecule has 3 rings (SSSR count). The summed E-state index contributed by atoms with van der Waals surface area (Å²) >= 11 is 0. The van der Waals surface area contributed by atoms with Crippen LogP contribution >= 0.6 is 0 Å².